The average molecular weight is 286 g/mol. The van der Waals surface area contributed by atoms with Crippen LogP contribution in [0.4, 0.5) is 5.69 Å². The number of carbonyl (C=O) groups is 1. The maximum absolute atomic E-state index is 11.9. The first-order valence-corrected chi connectivity index (χ1v) is 5.57. The van der Waals surface area contributed by atoms with E-state index in [2.05, 4.69) is 10.3 Å². The summed E-state index contributed by atoms with van der Waals surface area (Å²) in [5.74, 6) is -0.689. The highest BCUT2D eigenvalue weighted by molar-refractivity contribution is 5.96. The molecule has 0 aliphatic heterocycles. The Morgan fingerprint density at radius 1 is 1.47 bits per heavy atom. The monoisotopic (exact) mass is 285 g/mol. The average Bonchev–Trinajstić information content (AvgIpc) is 2.68. The number of nitrogens with two attached hydrogens (primary N) is 1. The van der Waals surface area contributed by atoms with E-state index in [1.165, 1.54) is 0 Å². The molecule has 0 radical (unpaired) electrons. The lowest BCUT2D eigenvalue weighted by molar-refractivity contribution is -0.123. The van der Waals surface area contributed by atoms with Crippen LogP contribution in [0.1, 0.15) is 13.8 Å². The van der Waals surface area contributed by atoms with Gasteiger partial charge in [-0.15, -0.1) is 12.4 Å². The van der Waals surface area contributed by atoms with E-state index in [4.69, 9.17) is 10.2 Å². The molecule has 2 aromatic rings. The zero-order valence-electron chi connectivity index (χ0n) is 10.6. The van der Waals surface area contributed by atoms with Crippen molar-refractivity contribution in [2.75, 3.05) is 11.9 Å². The molecule has 1 aromatic heterocycles. The number of halogens is 1. The minimum absolute atomic E-state index is 0. The molecule has 0 saturated heterocycles. The molecule has 1 heterocycles. The van der Waals surface area contributed by atoms with Crippen molar-refractivity contribution in [2.45, 2.75) is 13.8 Å². The molecule has 6 nitrogen and oxygen atoms in total. The molecule has 0 saturated carbocycles. The van der Waals surface area contributed by atoms with Crippen molar-refractivity contribution in [3.63, 3.8) is 0 Å². The van der Waals surface area contributed by atoms with Gasteiger partial charge in [-0.05, 0) is 32.0 Å². The third-order valence-corrected chi connectivity index (χ3v) is 2.80. The number of rotatable bonds is 3. The van der Waals surface area contributed by atoms with E-state index in [-0.39, 0.29) is 24.9 Å². The van der Waals surface area contributed by atoms with Crippen LogP contribution in [0.2, 0.25) is 0 Å². The van der Waals surface area contributed by atoms with Gasteiger partial charge >= 0.3 is 5.76 Å². The number of hydrogen-bond acceptors (Lipinski definition) is 4. The maximum atomic E-state index is 11.9. The minimum Gasteiger partial charge on any atom is -0.408 e. The van der Waals surface area contributed by atoms with Crippen LogP contribution in [0.5, 0.6) is 0 Å². The van der Waals surface area contributed by atoms with Gasteiger partial charge in [-0.25, -0.2) is 4.79 Å². The molecule has 0 bridgehead atoms. The van der Waals surface area contributed by atoms with E-state index >= 15 is 0 Å². The lowest BCUT2D eigenvalue weighted by Crippen LogP contribution is -2.37. The summed E-state index contributed by atoms with van der Waals surface area (Å²) in [6, 6.07) is 4.94. The fraction of sp³-hybridized carbons (Fsp3) is 0.333. The second-order valence-corrected chi connectivity index (χ2v) is 4.77. The smallest absolute Gasteiger partial charge is 0.408 e. The minimum atomic E-state index is -0.640. The van der Waals surface area contributed by atoms with Gasteiger partial charge in [0.1, 0.15) is 0 Å². The largest absolute Gasteiger partial charge is 0.417 e. The molecule has 0 spiro atoms. The molecule has 0 fully saturated rings. The van der Waals surface area contributed by atoms with Gasteiger partial charge in [0.15, 0.2) is 5.58 Å². The molecule has 2 rings (SSSR count). The SMILES string of the molecule is CC(C)(CN)C(=O)Nc1ccc2oc(=O)[nH]c2c1.Cl. The van der Waals surface area contributed by atoms with Crippen molar-refractivity contribution < 1.29 is 9.21 Å². The Hall–Kier alpha value is -1.79. The van der Waals surface area contributed by atoms with Crippen LogP contribution in [0.15, 0.2) is 27.4 Å². The summed E-state index contributed by atoms with van der Waals surface area (Å²) >= 11 is 0. The number of aromatic nitrogens is 1. The van der Waals surface area contributed by atoms with E-state index in [1.807, 2.05) is 0 Å². The summed E-state index contributed by atoms with van der Waals surface area (Å²) in [4.78, 5) is 25.4. The number of hydrogen-bond donors (Lipinski definition) is 3. The van der Waals surface area contributed by atoms with Gasteiger partial charge in [0.25, 0.3) is 0 Å². The van der Waals surface area contributed by atoms with E-state index in [0.29, 0.717) is 16.8 Å². The van der Waals surface area contributed by atoms with Crippen molar-refractivity contribution >= 4 is 35.1 Å². The molecular weight excluding hydrogens is 270 g/mol. The fourth-order valence-electron chi connectivity index (χ4n) is 1.42. The van der Waals surface area contributed by atoms with Gasteiger partial charge in [-0.3, -0.25) is 9.78 Å². The molecule has 0 aliphatic rings. The number of carbonyl (C=O) groups excluding carboxylic acids is 1. The molecule has 1 amide bonds. The Bertz CT molecular complexity index is 645. The van der Waals surface area contributed by atoms with Crippen LogP contribution < -0.4 is 16.8 Å². The first-order valence-electron chi connectivity index (χ1n) is 5.57. The van der Waals surface area contributed by atoms with E-state index in [0.717, 1.165) is 0 Å². The standard InChI is InChI=1S/C12H15N3O3.ClH/c1-12(2,6-13)10(16)14-7-3-4-9-8(5-7)15-11(17)18-9;/h3-5H,6,13H2,1-2H3,(H,14,16)(H,15,17);1H. The van der Waals surface area contributed by atoms with E-state index < -0.39 is 11.2 Å². The zero-order chi connectivity index (χ0) is 13.3. The third kappa shape index (κ3) is 3.15. The molecular formula is C12H16ClN3O3. The van der Waals surface area contributed by atoms with Crippen LogP contribution in [0.25, 0.3) is 11.1 Å². The van der Waals surface area contributed by atoms with Crippen LogP contribution in [-0.4, -0.2) is 17.4 Å². The van der Waals surface area contributed by atoms with Gasteiger partial charge in [0.2, 0.25) is 5.91 Å². The predicted octanol–water partition coefficient (Wildman–Crippen LogP) is 1.47. The topological polar surface area (TPSA) is 101 Å². The highest BCUT2D eigenvalue weighted by atomic mass is 35.5. The zero-order valence-corrected chi connectivity index (χ0v) is 11.5. The van der Waals surface area contributed by atoms with Crippen molar-refractivity contribution in [3.05, 3.63) is 28.7 Å². The molecule has 1 aromatic carbocycles. The van der Waals surface area contributed by atoms with Crippen LogP contribution in [-0.2, 0) is 4.79 Å². The second-order valence-electron chi connectivity index (χ2n) is 4.77. The summed E-state index contributed by atoms with van der Waals surface area (Å²) in [7, 11) is 0. The van der Waals surface area contributed by atoms with Crippen LogP contribution in [0.3, 0.4) is 0 Å². The van der Waals surface area contributed by atoms with E-state index in [1.54, 1.807) is 32.0 Å². The fourth-order valence-corrected chi connectivity index (χ4v) is 1.42. The Morgan fingerprint density at radius 2 is 2.16 bits per heavy atom. The first kappa shape index (κ1) is 15.3. The number of aromatic amines is 1. The molecule has 19 heavy (non-hydrogen) atoms. The third-order valence-electron chi connectivity index (χ3n) is 2.80. The number of fused-ring (bicyclic) bond motifs is 1. The number of H-pyrrole nitrogens is 1. The van der Waals surface area contributed by atoms with Crippen LogP contribution in [0, 0.1) is 5.41 Å². The first-order chi connectivity index (χ1) is 8.42. The second kappa shape index (κ2) is 5.46. The summed E-state index contributed by atoms with van der Waals surface area (Å²) in [6.07, 6.45) is 0. The molecule has 104 valence electrons. The van der Waals surface area contributed by atoms with Crippen molar-refractivity contribution in [3.8, 4) is 0 Å². The lowest BCUT2D eigenvalue weighted by Gasteiger charge is -2.21. The molecule has 0 aliphatic carbocycles. The summed E-state index contributed by atoms with van der Waals surface area (Å²) in [5.41, 5.74) is 6.48. The Balaban J connectivity index is 0.00000180. The lowest BCUT2D eigenvalue weighted by atomic mass is 9.92. The summed E-state index contributed by atoms with van der Waals surface area (Å²) < 4.78 is 4.87. The number of nitrogens with one attached hydrogen (secondary N) is 2. The molecule has 0 unspecified atom stereocenters. The Labute approximate surface area is 115 Å². The van der Waals surface area contributed by atoms with Gasteiger partial charge < -0.3 is 15.5 Å². The predicted molar refractivity (Wildman–Crippen MR) is 75.5 cm³/mol. The van der Waals surface area contributed by atoms with Gasteiger partial charge in [0.05, 0.1) is 10.9 Å². The number of benzene rings is 1. The maximum Gasteiger partial charge on any atom is 0.417 e. The molecule has 7 heteroatoms. The summed E-state index contributed by atoms with van der Waals surface area (Å²) in [6.45, 7) is 3.78. The highest BCUT2D eigenvalue weighted by Crippen LogP contribution is 2.20. The Kier molecular flexibility index (Phi) is 4.39. The van der Waals surface area contributed by atoms with Crippen molar-refractivity contribution in [1.82, 2.24) is 4.98 Å². The van der Waals surface area contributed by atoms with Crippen molar-refractivity contribution in [1.29, 1.82) is 0 Å². The summed E-state index contributed by atoms with van der Waals surface area (Å²) in [5, 5.41) is 2.75. The van der Waals surface area contributed by atoms with Gasteiger partial charge in [-0.1, -0.05) is 0 Å². The molecule has 0 atom stereocenters. The number of anilines is 1. The van der Waals surface area contributed by atoms with E-state index in [9.17, 15) is 9.59 Å². The van der Waals surface area contributed by atoms with Crippen LogP contribution >= 0.6 is 12.4 Å². The number of amides is 1. The van der Waals surface area contributed by atoms with Gasteiger partial charge in [-0.2, -0.15) is 0 Å². The number of oxazole rings is 1. The Morgan fingerprint density at radius 3 is 2.79 bits per heavy atom. The molecule has 4 N–H and O–H groups in total. The van der Waals surface area contributed by atoms with Gasteiger partial charge in [0, 0.05) is 12.2 Å². The quantitative estimate of drug-likeness (QED) is 0.795. The highest BCUT2D eigenvalue weighted by Gasteiger charge is 2.25. The normalized spacial score (nSPS) is 11.1. The van der Waals surface area contributed by atoms with Crippen molar-refractivity contribution in [2.24, 2.45) is 11.1 Å².